The molecule has 2 N–H and O–H groups in total. The highest BCUT2D eigenvalue weighted by molar-refractivity contribution is 6.39. The van der Waals surface area contributed by atoms with E-state index in [1.807, 2.05) is 19.1 Å². The molecule has 0 aliphatic carbocycles. The molecule has 0 spiro atoms. The van der Waals surface area contributed by atoms with Gasteiger partial charge >= 0.3 is 17.8 Å². The molecule has 2 amide bonds. The predicted molar refractivity (Wildman–Crippen MR) is 99.8 cm³/mol. The number of carbonyl (C=O) groups is 3. The zero-order valence-electron chi connectivity index (χ0n) is 15.1. The van der Waals surface area contributed by atoms with Crippen LogP contribution in [0.25, 0.3) is 0 Å². The Morgan fingerprint density at radius 1 is 1.00 bits per heavy atom. The van der Waals surface area contributed by atoms with Crippen molar-refractivity contribution in [3.63, 3.8) is 0 Å². The summed E-state index contributed by atoms with van der Waals surface area (Å²) in [5.74, 6) is -1.61. The number of aryl methyl sites for hydroxylation is 1. The van der Waals surface area contributed by atoms with Crippen LogP contribution in [0.3, 0.4) is 0 Å². The van der Waals surface area contributed by atoms with E-state index in [2.05, 4.69) is 15.8 Å². The topological polar surface area (TPSA) is 106 Å². The molecule has 0 radical (unpaired) electrons. The standard InChI is InChI=1S/C19H19N3O5/c1-12-4-7-15(8-5-12)21-18(24)19(25)22-20-11-14-6-9-16(27-13(2)23)17(10-14)26-3/h4-11H,1-3H3,(H,21,24)(H,22,25)/b20-11+. The largest absolute Gasteiger partial charge is 0.493 e. The van der Waals surface area contributed by atoms with E-state index in [1.54, 1.807) is 24.3 Å². The van der Waals surface area contributed by atoms with Crippen LogP contribution in [0.5, 0.6) is 11.5 Å². The Kier molecular flexibility index (Phi) is 6.65. The third kappa shape index (κ3) is 5.96. The van der Waals surface area contributed by atoms with E-state index in [0.717, 1.165) is 5.56 Å². The summed E-state index contributed by atoms with van der Waals surface area (Å²) >= 11 is 0. The molecule has 27 heavy (non-hydrogen) atoms. The van der Waals surface area contributed by atoms with Gasteiger partial charge in [-0.05, 0) is 42.8 Å². The molecule has 2 aromatic carbocycles. The Hall–Kier alpha value is -3.68. The molecule has 8 nitrogen and oxygen atoms in total. The smallest absolute Gasteiger partial charge is 0.329 e. The van der Waals surface area contributed by atoms with Gasteiger partial charge in [-0.15, -0.1) is 0 Å². The van der Waals surface area contributed by atoms with Crippen LogP contribution in [-0.4, -0.2) is 31.1 Å². The minimum atomic E-state index is -0.907. The lowest BCUT2D eigenvalue weighted by Crippen LogP contribution is -2.32. The van der Waals surface area contributed by atoms with E-state index in [-0.39, 0.29) is 5.75 Å². The molecule has 0 heterocycles. The number of amides is 2. The monoisotopic (exact) mass is 369 g/mol. The van der Waals surface area contributed by atoms with Crippen molar-refractivity contribution in [1.82, 2.24) is 5.43 Å². The van der Waals surface area contributed by atoms with Crippen molar-refractivity contribution in [2.24, 2.45) is 5.10 Å². The fraction of sp³-hybridized carbons (Fsp3) is 0.158. The second-order valence-electron chi connectivity index (χ2n) is 5.52. The summed E-state index contributed by atoms with van der Waals surface area (Å²) in [4.78, 5) is 34.6. The number of hydrazone groups is 1. The average molecular weight is 369 g/mol. The maximum Gasteiger partial charge on any atom is 0.329 e. The summed E-state index contributed by atoms with van der Waals surface area (Å²) in [6, 6.07) is 11.7. The summed E-state index contributed by atoms with van der Waals surface area (Å²) in [7, 11) is 1.43. The molecule has 2 aromatic rings. The van der Waals surface area contributed by atoms with Crippen LogP contribution in [0.1, 0.15) is 18.1 Å². The van der Waals surface area contributed by atoms with Gasteiger partial charge < -0.3 is 14.8 Å². The summed E-state index contributed by atoms with van der Waals surface area (Å²) in [5.41, 5.74) is 4.26. The van der Waals surface area contributed by atoms with E-state index in [0.29, 0.717) is 17.0 Å². The van der Waals surface area contributed by atoms with Crippen molar-refractivity contribution < 1.29 is 23.9 Å². The van der Waals surface area contributed by atoms with Gasteiger partial charge in [-0.1, -0.05) is 17.7 Å². The third-order valence-electron chi connectivity index (χ3n) is 3.34. The van der Waals surface area contributed by atoms with Crippen LogP contribution in [0, 0.1) is 6.92 Å². The summed E-state index contributed by atoms with van der Waals surface area (Å²) in [5, 5.41) is 6.20. The number of carbonyl (C=O) groups excluding carboxylic acids is 3. The molecule has 0 saturated heterocycles. The molecule has 0 saturated carbocycles. The van der Waals surface area contributed by atoms with Gasteiger partial charge in [-0.25, -0.2) is 5.43 Å². The zero-order chi connectivity index (χ0) is 19.8. The van der Waals surface area contributed by atoms with Gasteiger partial charge in [0.25, 0.3) is 0 Å². The molecule has 8 heteroatoms. The second kappa shape index (κ2) is 9.14. The highest BCUT2D eigenvalue weighted by atomic mass is 16.6. The van der Waals surface area contributed by atoms with E-state index in [4.69, 9.17) is 9.47 Å². The lowest BCUT2D eigenvalue weighted by molar-refractivity contribution is -0.136. The molecular weight excluding hydrogens is 350 g/mol. The molecule has 0 bridgehead atoms. The maximum atomic E-state index is 11.8. The summed E-state index contributed by atoms with van der Waals surface area (Å²) < 4.78 is 10.1. The second-order valence-corrected chi connectivity index (χ2v) is 5.52. The van der Waals surface area contributed by atoms with E-state index in [9.17, 15) is 14.4 Å². The van der Waals surface area contributed by atoms with Crippen LogP contribution in [0.15, 0.2) is 47.6 Å². The molecule has 0 unspecified atom stereocenters. The summed E-state index contributed by atoms with van der Waals surface area (Å²) in [6.45, 7) is 3.20. The van der Waals surface area contributed by atoms with Crippen LogP contribution in [0.4, 0.5) is 5.69 Å². The van der Waals surface area contributed by atoms with Crippen LogP contribution in [-0.2, 0) is 14.4 Å². The molecule has 140 valence electrons. The average Bonchev–Trinajstić information content (AvgIpc) is 2.64. The quantitative estimate of drug-likeness (QED) is 0.276. The van der Waals surface area contributed by atoms with Gasteiger partial charge in [0.2, 0.25) is 0 Å². The van der Waals surface area contributed by atoms with Crippen LogP contribution in [0.2, 0.25) is 0 Å². The number of rotatable bonds is 5. The maximum absolute atomic E-state index is 11.8. The Bertz CT molecular complexity index is 875. The van der Waals surface area contributed by atoms with Gasteiger partial charge in [0, 0.05) is 12.6 Å². The van der Waals surface area contributed by atoms with Crippen molar-refractivity contribution in [1.29, 1.82) is 0 Å². The number of methoxy groups -OCH3 is 1. The molecule has 0 aromatic heterocycles. The fourth-order valence-corrected chi connectivity index (χ4v) is 2.04. The van der Waals surface area contributed by atoms with Crippen molar-refractivity contribution in [2.45, 2.75) is 13.8 Å². The predicted octanol–water partition coefficient (Wildman–Crippen LogP) is 2.02. The lowest BCUT2D eigenvalue weighted by Gasteiger charge is -2.08. The third-order valence-corrected chi connectivity index (χ3v) is 3.34. The molecule has 0 aliphatic rings. The number of anilines is 1. The number of ether oxygens (including phenoxy) is 2. The molecule has 0 atom stereocenters. The number of hydrogen-bond acceptors (Lipinski definition) is 6. The number of esters is 1. The molecule has 2 rings (SSSR count). The Morgan fingerprint density at radius 3 is 2.33 bits per heavy atom. The van der Waals surface area contributed by atoms with Gasteiger partial charge in [0.1, 0.15) is 0 Å². The van der Waals surface area contributed by atoms with Crippen LogP contribution < -0.4 is 20.2 Å². The number of nitrogens with one attached hydrogen (secondary N) is 2. The minimum Gasteiger partial charge on any atom is -0.493 e. The Balaban J connectivity index is 1.95. The number of hydrogen-bond donors (Lipinski definition) is 2. The molecule has 0 aliphatic heterocycles. The normalized spacial score (nSPS) is 10.3. The van der Waals surface area contributed by atoms with Crippen molar-refractivity contribution >= 4 is 29.7 Å². The molecule has 0 fully saturated rings. The highest BCUT2D eigenvalue weighted by Gasteiger charge is 2.13. The minimum absolute atomic E-state index is 0.267. The van der Waals surface area contributed by atoms with E-state index < -0.39 is 17.8 Å². The molecular formula is C19H19N3O5. The van der Waals surface area contributed by atoms with Gasteiger partial charge in [-0.2, -0.15) is 5.10 Å². The van der Waals surface area contributed by atoms with Gasteiger partial charge in [0.05, 0.1) is 13.3 Å². The first-order valence-electron chi connectivity index (χ1n) is 7.96. The van der Waals surface area contributed by atoms with E-state index in [1.165, 1.54) is 26.3 Å². The summed E-state index contributed by atoms with van der Waals surface area (Å²) in [6.07, 6.45) is 1.33. The van der Waals surface area contributed by atoms with Crippen molar-refractivity contribution in [2.75, 3.05) is 12.4 Å². The van der Waals surface area contributed by atoms with Gasteiger partial charge in [-0.3, -0.25) is 14.4 Å². The fourth-order valence-electron chi connectivity index (χ4n) is 2.04. The van der Waals surface area contributed by atoms with Crippen LogP contribution >= 0.6 is 0 Å². The first-order chi connectivity index (χ1) is 12.9. The van der Waals surface area contributed by atoms with Crippen molar-refractivity contribution in [3.05, 3.63) is 53.6 Å². The van der Waals surface area contributed by atoms with E-state index >= 15 is 0 Å². The number of benzene rings is 2. The van der Waals surface area contributed by atoms with Crippen molar-refractivity contribution in [3.8, 4) is 11.5 Å². The Labute approximate surface area is 156 Å². The SMILES string of the molecule is COc1cc(/C=N/NC(=O)C(=O)Nc2ccc(C)cc2)ccc1OC(C)=O. The lowest BCUT2D eigenvalue weighted by atomic mass is 10.2. The highest BCUT2D eigenvalue weighted by Crippen LogP contribution is 2.27. The van der Waals surface area contributed by atoms with Gasteiger partial charge in [0.15, 0.2) is 11.5 Å². The Morgan fingerprint density at radius 2 is 1.70 bits per heavy atom. The number of nitrogens with zero attached hydrogens (tertiary/aromatic N) is 1. The first-order valence-corrected chi connectivity index (χ1v) is 7.96. The first kappa shape index (κ1) is 19.6. The zero-order valence-corrected chi connectivity index (χ0v) is 15.1.